The molecule has 7 heteroatoms. The predicted molar refractivity (Wildman–Crippen MR) is 67.8 cm³/mol. The van der Waals surface area contributed by atoms with Crippen molar-refractivity contribution in [2.45, 2.75) is 0 Å². The van der Waals surface area contributed by atoms with Gasteiger partial charge in [-0.2, -0.15) is 9.97 Å². The first kappa shape index (κ1) is 12.8. The third kappa shape index (κ3) is 3.21. The van der Waals surface area contributed by atoms with Crippen molar-refractivity contribution in [3.8, 4) is 11.8 Å². The minimum Gasteiger partial charge on any atom is -0.481 e. The summed E-state index contributed by atoms with van der Waals surface area (Å²) in [7, 11) is 5.26. The maximum atomic E-state index is 5.11. The molecule has 1 aliphatic rings. The summed E-state index contributed by atoms with van der Waals surface area (Å²) >= 11 is 0. The Labute approximate surface area is 107 Å². The molecule has 1 aliphatic heterocycles. The highest BCUT2D eigenvalue weighted by atomic mass is 16.5. The number of likely N-dealkylation sites (N-methyl/N-ethyl adjacent to an activating group) is 1. The van der Waals surface area contributed by atoms with Crippen LogP contribution in [-0.2, 0) is 0 Å². The Morgan fingerprint density at radius 2 is 1.61 bits per heavy atom. The molecular weight excluding hydrogens is 234 g/mol. The molecular formula is C11H19N5O2. The second-order valence-corrected chi connectivity index (χ2v) is 4.18. The van der Waals surface area contributed by atoms with E-state index >= 15 is 0 Å². The number of hydrogen-bond donors (Lipinski definition) is 1. The molecule has 1 fully saturated rings. The Morgan fingerprint density at radius 3 is 2.11 bits per heavy atom. The van der Waals surface area contributed by atoms with Crippen molar-refractivity contribution in [1.29, 1.82) is 0 Å². The van der Waals surface area contributed by atoms with E-state index in [1.54, 1.807) is 20.3 Å². The van der Waals surface area contributed by atoms with Crippen molar-refractivity contribution in [2.24, 2.45) is 0 Å². The topological polar surface area (TPSA) is 62.8 Å². The molecule has 1 aromatic rings. The number of nitrogens with zero attached hydrogens (tertiary/aromatic N) is 4. The Hall–Kier alpha value is -1.60. The van der Waals surface area contributed by atoms with E-state index in [1.807, 2.05) is 0 Å². The fourth-order valence-corrected chi connectivity index (χ4v) is 1.72. The van der Waals surface area contributed by atoms with Crippen LogP contribution in [0.2, 0.25) is 0 Å². The molecule has 2 rings (SSSR count). The number of anilines is 1. The van der Waals surface area contributed by atoms with Gasteiger partial charge in [-0.25, -0.2) is 5.01 Å². The summed E-state index contributed by atoms with van der Waals surface area (Å²) in [5.41, 5.74) is 3.18. The number of methoxy groups -OCH3 is 2. The second kappa shape index (κ2) is 5.83. The summed E-state index contributed by atoms with van der Waals surface area (Å²) in [5.74, 6) is 1.47. The van der Waals surface area contributed by atoms with Crippen LogP contribution in [0.1, 0.15) is 0 Å². The summed E-state index contributed by atoms with van der Waals surface area (Å²) in [5, 5.41) is 2.09. The predicted octanol–water partition coefficient (Wildman–Crippen LogP) is 0.0681. The van der Waals surface area contributed by atoms with Crippen LogP contribution in [0.15, 0.2) is 6.07 Å². The highest BCUT2D eigenvalue weighted by Crippen LogP contribution is 2.17. The molecule has 0 amide bonds. The average molecular weight is 253 g/mol. The van der Waals surface area contributed by atoms with Gasteiger partial charge in [-0.1, -0.05) is 0 Å². The normalized spacial score (nSPS) is 17.5. The van der Waals surface area contributed by atoms with Gasteiger partial charge in [-0.15, -0.1) is 0 Å². The highest BCUT2D eigenvalue weighted by Gasteiger charge is 2.15. The van der Waals surface area contributed by atoms with Crippen LogP contribution in [0.4, 0.5) is 5.95 Å². The van der Waals surface area contributed by atoms with Gasteiger partial charge in [0.25, 0.3) is 0 Å². The number of aromatic nitrogens is 2. The molecule has 0 aromatic carbocycles. The van der Waals surface area contributed by atoms with E-state index in [9.17, 15) is 0 Å². The van der Waals surface area contributed by atoms with Crippen molar-refractivity contribution >= 4 is 5.95 Å². The van der Waals surface area contributed by atoms with Gasteiger partial charge in [0.2, 0.25) is 17.7 Å². The molecule has 0 unspecified atom stereocenters. The summed E-state index contributed by atoms with van der Waals surface area (Å²) in [6.07, 6.45) is 0. The zero-order chi connectivity index (χ0) is 13.0. The molecule has 0 atom stereocenters. The number of rotatable bonds is 4. The summed E-state index contributed by atoms with van der Waals surface area (Å²) < 4.78 is 10.2. The van der Waals surface area contributed by atoms with Crippen LogP contribution in [0.5, 0.6) is 11.8 Å². The average Bonchev–Trinajstić information content (AvgIpc) is 2.41. The minimum absolute atomic E-state index is 0.485. The van der Waals surface area contributed by atoms with Crippen molar-refractivity contribution in [3.63, 3.8) is 0 Å². The van der Waals surface area contributed by atoms with E-state index in [0.29, 0.717) is 17.7 Å². The Morgan fingerprint density at radius 1 is 1.06 bits per heavy atom. The van der Waals surface area contributed by atoms with E-state index in [2.05, 4.69) is 32.4 Å². The summed E-state index contributed by atoms with van der Waals surface area (Å²) in [6, 6.07) is 1.65. The number of hydrazine groups is 1. The lowest BCUT2D eigenvalue weighted by Gasteiger charge is -2.32. The van der Waals surface area contributed by atoms with Gasteiger partial charge >= 0.3 is 0 Å². The van der Waals surface area contributed by atoms with Crippen molar-refractivity contribution in [1.82, 2.24) is 19.9 Å². The third-order valence-corrected chi connectivity index (χ3v) is 2.86. The number of hydrogen-bond acceptors (Lipinski definition) is 7. The van der Waals surface area contributed by atoms with Crippen LogP contribution in [0.3, 0.4) is 0 Å². The smallest absolute Gasteiger partial charge is 0.244 e. The Bertz CT molecular complexity index is 371. The fourth-order valence-electron chi connectivity index (χ4n) is 1.72. The number of nitrogens with one attached hydrogen (secondary N) is 1. The Balaban J connectivity index is 2.03. The maximum absolute atomic E-state index is 5.11. The Kier molecular flexibility index (Phi) is 4.16. The first-order valence-corrected chi connectivity index (χ1v) is 5.88. The van der Waals surface area contributed by atoms with Crippen molar-refractivity contribution in [3.05, 3.63) is 6.07 Å². The van der Waals surface area contributed by atoms with E-state index in [4.69, 9.17) is 9.47 Å². The molecule has 0 radical (unpaired) electrons. The first-order chi connectivity index (χ1) is 8.71. The molecule has 100 valence electrons. The molecule has 2 heterocycles. The number of ether oxygens (including phenoxy) is 2. The molecule has 0 saturated carbocycles. The minimum atomic E-state index is 0.485. The van der Waals surface area contributed by atoms with Gasteiger partial charge in [0, 0.05) is 26.2 Å². The standard InChI is InChI=1S/C11H19N5O2/c1-15-4-6-16(7-5-15)14-11-12-9(17-2)8-10(13-11)18-3/h8H,4-7H2,1-3H3,(H,12,13,14). The summed E-state index contributed by atoms with van der Waals surface area (Å²) in [6.45, 7) is 3.90. The fraction of sp³-hybridized carbons (Fsp3) is 0.636. The lowest BCUT2D eigenvalue weighted by molar-refractivity contribution is 0.177. The van der Waals surface area contributed by atoms with Crippen LogP contribution >= 0.6 is 0 Å². The van der Waals surface area contributed by atoms with Crippen molar-refractivity contribution < 1.29 is 9.47 Å². The van der Waals surface area contributed by atoms with Crippen LogP contribution < -0.4 is 14.9 Å². The quantitative estimate of drug-likeness (QED) is 0.814. The molecule has 0 aliphatic carbocycles. The largest absolute Gasteiger partial charge is 0.481 e. The lowest BCUT2D eigenvalue weighted by Crippen LogP contribution is -2.47. The van der Waals surface area contributed by atoms with E-state index in [0.717, 1.165) is 26.2 Å². The third-order valence-electron chi connectivity index (χ3n) is 2.86. The SMILES string of the molecule is COc1cc(OC)nc(NN2CCN(C)CC2)n1. The molecule has 7 nitrogen and oxygen atoms in total. The van der Waals surface area contributed by atoms with Gasteiger partial charge in [-0.3, -0.25) is 5.43 Å². The molecule has 1 aromatic heterocycles. The van der Waals surface area contributed by atoms with Crippen molar-refractivity contribution in [2.75, 3.05) is 52.9 Å². The van der Waals surface area contributed by atoms with E-state index < -0.39 is 0 Å². The molecule has 0 spiro atoms. The van der Waals surface area contributed by atoms with Crippen LogP contribution in [-0.4, -0.2) is 67.3 Å². The zero-order valence-electron chi connectivity index (χ0n) is 11.0. The highest BCUT2D eigenvalue weighted by molar-refractivity contribution is 5.32. The molecule has 1 N–H and O–H groups in total. The maximum Gasteiger partial charge on any atom is 0.244 e. The van der Waals surface area contributed by atoms with Crippen LogP contribution in [0, 0.1) is 0 Å². The first-order valence-electron chi connectivity index (χ1n) is 5.88. The van der Waals surface area contributed by atoms with Gasteiger partial charge < -0.3 is 14.4 Å². The van der Waals surface area contributed by atoms with E-state index in [-0.39, 0.29) is 0 Å². The number of piperazine rings is 1. The summed E-state index contributed by atoms with van der Waals surface area (Å²) in [4.78, 5) is 10.7. The molecule has 1 saturated heterocycles. The monoisotopic (exact) mass is 253 g/mol. The lowest BCUT2D eigenvalue weighted by atomic mass is 10.4. The molecule has 18 heavy (non-hydrogen) atoms. The molecule has 0 bridgehead atoms. The van der Waals surface area contributed by atoms with Gasteiger partial charge in [0.15, 0.2) is 0 Å². The van der Waals surface area contributed by atoms with Gasteiger partial charge in [0.05, 0.1) is 20.3 Å². The van der Waals surface area contributed by atoms with E-state index in [1.165, 1.54) is 0 Å². The second-order valence-electron chi connectivity index (χ2n) is 4.18. The van der Waals surface area contributed by atoms with Gasteiger partial charge in [0.1, 0.15) is 0 Å². The van der Waals surface area contributed by atoms with Crippen LogP contribution in [0.25, 0.3) is 0 Å². The zero-order valence-corrected chi connectivity index (χ0v) is 11.0. The van der Waals surface area contributed by atoms with Gasteiger partial charge in [-0.05, 0) is 7.05 Å².